The van der Waals surface area contributed by atoms with E-state index in [2.05, 4.69) is 37.4 Å². The molecule has 2 aromatic carbocycles. The molecule has 0 radical (unpaired) electrons. The minimum Gasteiger partial charge on any atom is -0.454 e. The predicted molar refractivity (Wildman–Crippen MR) is 102 cm³/mol. The largest absolute Gasteiger partial charge is 0.454 e. The van der Waals surface area contributed by atoms with Gasteiger partial charge in [0.2, 0.25) is 6.79 Å². The van der Waals surface area contributed by atoms with Crippen molar-refractivity contribution in [1.82, 2.24) is 0 Å². The molecular weight excluding hydrogens is 342 g/mol. The van der Waals surface area contributed by atoms with Crippen LogP contribution in [-0.4, -0.2) is 38.2 Å². The van der Waals surface area contributed by atoms with Crippen molar-refractivity contribution in [3.05, 3.63) is 59.2 Å². The molecule has 1 aliphatic carbocycles. The standard InChI is InChI=1S/C22H27NO4/c1-23(12-16-9-10-21-22(11-16)27-15-26-21)13-18(24)14-25-20-8-4-6-17-5-2-3-7-19(17)20/h2-3,5,7,9-11,18,20,24H,4,6,8,12-15H2,1H3/p+1/t18-,20-/m1/s1. The van der Waals surface area contributed by atoms with Gasteiger partial charge in [-0.05, 0) is 48.6 Å². The summed E-state index contributed by atoms with van der Waals surface area (Å²) in [4.78, 5) is 1.23. The van der Waals surface area contributed by atoms with Gasteiger partial charge in [0, 0.05) is 5.56 Å². The van der Waals surface area contributed by atoms with Crippen molar-refractivity contribution in [2.24, 2.45) is 0 Å². The molecule has 0 aromatic heterocycles. The number of nitrogens with one attached hydrogen (secondary N) is 1. The summed E-state index contributed by atoms with van der Waals surface area (Å²) >= 11 is 0. The molecule has 27 heavy (non-hydrogen) atoms. The Morgan fingerprint density at radius 1 is 1.19 bits per heavy atom. The number of quaternary nitrogens is 1. The second-order valence-corrected chi connectivity index (χ2v) is 7.59. The molecule has 0 fully saturated rings. The third kappa shape index (κ3) is 4.43. The van der Waals surface area contributed by atoms with E-state index in [1.807, 2.05) is 12.1 Å². The van der Waals surface area contributed by atoms with Gasteiger partial charge in [-0.1, -0.05) is 24.3 Å². The number of rotatable bonds is 7. The Labute approximate surface area is 160 Å². The summed E-state index contributed by atoms with van der Waals surface area (Å²) in [6, 6.07) is 14.5. The van der Waals surface area contributed by atoms with Gasteiger partial charge in [-0.15, -0.1) is 0 Å². The molecule has 3 atom stereocenters. The molecular formula is C22H28NO4+. The molecule has 144 valence electrons. The normalized spacial score (nSPS) is 20.1. The van der Waals surface area contributed by atoms with Crippen LogP contribution >= 0.6 is 0 Å². The van der Waals surface area contributed by atoms with Crippen LogP contribution in [0.25, 0.3) is 0 Å². The van der Waals surface area contributed by atoms with Gasteiger partial charge in [-0.2, -0.15) is 0 Å². The van der Waals surface area contributed by atoms with E-state index in [1.54, 1.807) is 0 Å². The van der Waals surface area contributed by atoms with Crippen molar-refractivity contribution in [3.8, 4) is 11.5 Å². The molecule has 4 rings (SSSR count). The highest BCUT2D eigenvalue weighted by Gasteiger charge is 2.22. The Kier molecular flexibility index (Phi) is 5.62. The molecule has 1 unspecified atom stereocenters. The summed E-state index contributed by atoms with van der Waals surface area (Å²) in [5, 5.41) is 10.4. The quantitative estimate of drug-likeness (QED) is 0.782. The van der Waals surface area contributed by atoms with Crippen LogP contribution in [0.15, 0.2) is 42.5 Å². The molecule has 2 N–H and O–H groups in total. The molecule has 2 aromatic rings. The van der Waals surface area contributed by atoms with Gasteiger partial charge < -0.3 is 24.2 Å². The van der Waals surface area contributed by atoms with Crippen LogP contribution in [0.5, 0.6) is 11.5 Å². The third-order valence-electron chi connectivity index (χ3n) is 5.33. The lowest BCUT2D eigenvalue weighted by atomic mass is 9.89. The van der Waals surface area contributed by atoms with E-state index in [9.17, 15) is 5.11 Å². The number of likely N-dealkylation sites (N-methyl/N-ethyl adjacent to an activating group) is 1. The first kappa shape index (κ1) is 18.3. The van der Waals surface area contributed by atoms with Crippen LogP contribution in [0.3, 0.4) is 0 Å². The lowest BCUT2D eigenvalue weighted by Crippen LogP contribution is -3.08. The van der Waals surface area contributed by atoms with E-state index in [1.165, 1.54) is 21.6 Å². The summed E-state index contributed by atoms with van der Waals surface area (Å²) in [6.45, 7) is 2.13. The van der Waals surface area contributed by atoms with Crippen molar-refractivity contribution in [2.45, 2.75) is 38.0 Å². The number of ether oxygens (including phenoxy) is 3. The Hall–Kier alpha value is -2.08. The highest BCUT2D eigenvalue weighted by molar-refractivity contribution is 5.44. The monoisotopic (exact) mass is 370 g/mol. The fourth-order valence-corrected chi connectivity index (χ4v) is 4.04. The second-order valence-electron chi connectivity index (χ2n) is 7.59. The number of fused-ring (bicyclic) bond motifs is 2. The Balaban J connectivity index is 1.26. The summed E-state index contributed by atoms with van der Waals surface area (Å²) in [7, 11) is 2.09. The number of benzene rings is 2. The van der Waals surface area contributed by atoms with Gasteiger partial charge in [-0.25, -0.2) is 0 Å². The first-order chi connectivity index (χ1) is 13.2. The zero-order valence-corrected chi connectivity index (χ0v) is 15.8. The van der Waals surface area contributed by atoms with Gasteiger partial charge in [0.15, 0.2) is 11.5 Å². The van der Waals surface area contributed by atoms with E-state index >= 15 is 0 Å². The zero-order chi connectivity index (χ0) is 18.6. The fraction of sp³-hybridized carbons (Fsp3) is 0.455. The Morgan fingerprint density at radius 3 is 2.96 bits per heavy atom. The van der Waals surface area contributed by atoms with Crippen molar-refractivity contribution in [3.63, 3.8) is 0 Å². The number of aryl methyl sites for hydroxylation is 1. The minimum absolute atomic E-state index is 0.110. The molecule has 0 amide bonds. The second kappa shape index (κ2) is 8.30. The van der Waals surface area contributed by atoms with E-state index < -0.39 is 6.10 Å². The number of hydrogen-bond donors (Lipinski definition) is 2. The maximum absolute atomic E-state index is 10.4. The van der Waals surface area contributed by atoms with E-state index in [4.69, 9.17) is 14.2 Å². The van der Waals surface area contributed by atoms with Gasteiger partial charge in [0.25, 0.3) is 0 Å². The van der Waals surface area contributed by atoms with Crippen LogP contribution in [0.2, 0.25) is 0 Å². The Morgan fingerprint density at radius 2 is 2.04 bits per heavy atom. The fourth-order valence-electron chi connectivity index (χ4n) is 4.04. The third-order valence-corrected chi connectivity index (χ3v) is 5.33. The first-order valence-electron chi connectivity index (χ1n) is 9.76. The van der Waals surface area contributed by atoms with Crippen molar-refractivity contribution >= 4 is 0 Å². The maximum atomic E-state index is 10.4. The molecule has 0 saturated carbocycles. The maximum Gasteiger partial charge on any atom is 0.231 e. The lowest BCUT2D eigenvalue weighted by Gasteiger charge is -2.27. The topological polar surface area (TPSA) is 52.4 Å². The summed E-state index contributed by atoms with van der Waals surface area (Å²) in [5.74, 6) is 1.61. The average molecular weight is 370 g/mol. The SMILES string of the molecule is C[NH+](Cc1ccc2c(c1)OCO2)C[C@@H](O)CO[C@@H]1CCCc2ccccc21. The van der Waals surface area contributed by atoms with Gasteiger partial charge in [0.05, 0.1) is 19.8 Å². The molecule has 5 heteroatoms. The molecule has 0 bridgehead atoms. The van der Waals surface area contributed by atoms with Crippen LogP contribution in [0, 0.1) is 0 Å². The Bertz CT molecular complexity index is 779. The van der Waals surface area contributed by atoms with Crippen molar-refractivity contribution in [1.29, 1.82) is 0 Å². The van der Waals surface area contributed by atoms with Crippen LogP contribution in [0.1, 0.15) is 35.6 Å². The highest BCUT2D eigenvalue weighted by Crippen LogP contribution is 2.33. The van der Waals surface area contributed by atoms with Gasteiger partial charge in [0.1, 0.15) is 19.2 Å². The average Bonchev–Trinajstić information content (AvgIpc) is 3.14. The number of hydrogen-bond acceptors (Lipinski definition) is 4. The molecule has 1 aliphatic heterocycles. The molecule has 5 nitrogen and oxygen atoms in total. The van der Waals surface area contributed by atoms with Crippen molar-refractivity contribution in [2.75, 3.05) is 27.0 Å². The van der Waals surface area contributed by atoms with Crippen LogP contribution in [0.4, 0.5) is 0 Å². The zero-order valence-electron chi connectivity index (χ0n) is 15.8. The van der Waals surface area contributed by atoms with E-state index in [-0.39, 0.29) is 6.10 Å². The van der Waals surface area contributed by atoms with Crippen LogP contribution in [-0.2, 0) is 17.7 Å². The van der Waals surface area contributed by atoms with Crippen LogP contribution < -0.4 is 14.4 Å². The van der Waals surface area contributed by atoms with E-state index in [0.29, 0.717) is 19.9 Å². The van der Waals surface area contributed by atoms with Crippen molar-refractivity contribution < 1.29 is 24.2 Å². The minimum atomic E-state index is -0.479. The molecule has 0 spiro atoms. The molecule has 1 heterocycles. The van der Waals surface area contributed by atoms with Gasteiger partial charge in [-0.3, -0.25) is 0 Å². The first-order valence-corrected chi connectivity index (χ1v) is 9.76. The highest BCUT2D eigenvalue weighted by atomic mass is 16.7. The van der Waals surface area contributed by atoms with Gasteiger partial charge >= 0.3 is 0 Å². The molecule has 2 aliphatic rings. The summed E-state index contributed by atoms with van der Waals surface area (Å²) in [6.07, 6.45) is 2.93. The summed E-state index contributed by atoms with van der Waals surface area (Å²) in [5.41, 5.74) is 3.84. The number of aliphatic hydroxyl groups is 1. The smallest absolute Gasteiger partial charge is 0.231 e. The molecule has 0 saturated heterocycles. The van der Waals surface area contributed by atoms with E-state index in [0.717, 1.165) is 37.3 Å². The predicted octanol–water partition coefficient (Wildman–Crippen LogP) is 1.89. The number of aliphatic hydroxyl groups excluding tert-OH is 1. The lowest BCUT2D eigenvalue weighted by molar-refractivity contribution is -0.897. The summed E-state index contributed by atoms with van der Waals surface area (Å²) < 4.78 is 16.9.